The van der Waals surface area contributed by atoms with Crippen LogP contribution in [0.2, 0.25) is 0 Å². The molecule has 2 aromatic rings. The monoisotopic (exact) mass is 299 g/mol. The molecule has 1 heterocycles. The molecule has 0 amide bonds. The molecule has 1 aromatic carbocycles. The maximum atomic E-state index is 12.2. The number of halogens is 3. The normalized spacial score (nSPS) is 11.4. The third-order valence-electron chi connectivity index (χ3n) is 2.57. The van der Waals surface area contributed by atoms with Crippen molar-refractivity contribution in [2.75, 3.05) is 6.61 Å². The third kappa shape index (κ3) is 4.30. The minimum Gasteiger partial charge on any atom is -0.494 e. The van der Waals surface area contributed by atoms with Gasteiger partial charge in [0.1, 0.15) is 5.75 Å². The molecule has 0 saturated carbocycles. The van der Waals surface area contributed by atoms with Gasteiger partial charge in [0.2, 0.25) is 0 Å². The number of para-hydroxylation sites is 1. The van der Waals surface area contributed by atoms with E-state index < -0.39 is 17.7 Å². The molecule has 0 radical (unpaired) electrons. The molecule has 1 aromatic heterocycles. The Labute approximate surface area is 118 Å². The molecule has 0 aliphatic rings. The molecule has 0 aliphatic heterocycles. The predicted octanol–water partition coefficient (Wildman–Crippen LogP) is 2.49. The van der Waals surface area contributed by atoms with E-state index in [2.05, 4.69) is 10.3 Å². The number of carbonyl (C=O) groups excluding carboxylic acids is 1. The second-order valence-corrected chi connectivity index (χ2v) is 4.21. The summed E-state index contributed by atoms with van der Waals surface area (Å²) in [4.78, 5) is 10.9. The van der Waals surface area contributed by atoms with Crippen molar-refractivity contribution in [1.82, 2.24) is 15.0 Å². The van der Waals surface area contributed by atoms with E-state index in [0.717, 1.165) is 6.20 Å². The summed E-state index contributed by atoms with van der Waals surface area (Å²) in [6.07, 6.45) is -3.42. The maximum Gasteiger partial charge on any atom is 0.456 e. The zero-order valence-corrected chi connectivity index (χ0v) is 10.9. The highest BCUT2D eigenvalue weighted by Crippen LogP contribution is 2.19. The number of carbonyl (C=O) groups is 1. The van der Waals surface area contributed by atoms with Crippen LogP contribution in [0.3, 0.4) is 0 Å². The molecule has 0 saturated heterocycles. The molecule has 0 unspecified atom stereocenters. The van der Waals surface area contributed by atoms with Crippen molar-refractivity contribution in [3.63, 3.8) is 0 Å². The largest absolute Gasteiger partial charge is 0.494 e. The van der Waals surface area contributed by atoms with Crippen LogP contribution in [0.1, 0.15) is 16.9 Å². The zero-order chi connectivity index (χ0) is 15.3. The van der Waals surface area contributed by atoms with Gasteiger partial charge in [-0.05, 0) is 12.1 Å². The van der Waals surface area contributed by atoms with Crippen molar-refractivity contribution in [2.24, 2.45) is 0 Å². The molecule has 112 valence electrons. The number of hydrogen-bond acceptors (Lipinski definition) is 4. The quantitative estimate of drug-likeness (QED) is 0.607. The van der Waals surface area contributed by atoms with Gasteiger partial charge in [-0.25, -0.2) is 0 Å². The van der Waals surface area contributed by atoms with Gasteiger partial charge >= 0.3 is 6.18 Å². The van der Waals surface area contributed by atoms with E-state index in [1.54, 1.807) is 12.1 Å². The highest BCUT2D eigenvalue weighted by molar-refractivity contribution is 5.98. The van der Waals surface area contributed by atoms with Gasteiger partial charge in [-0.2, -0.15) is 13.2 Å². The lowest BCUT2D eigenvalue weighted by Crippen LogP contribution is -2.23. The van der Waals surface area contributed by atoms with Crippen LogP contribution in [-0.4, -0.2) is 33.6 Å². The van der Waals surface area contributed by atoms with Gasteiger partial charge in [0, 0.05) is 13.0 Å². The summed E-state index contributed by atoms with van der Waals surface area (Å²) in [6, 6.07) is 9.14. The summed E-state index contributed by atoms with van der Waals surface area (Å²) in [5.41, 5.74) is -0.702. The number of hydrogen-bond donors (Lipinski definition) is 0. The van der Waals surface area contributed by atoms with E-state index in [-0.39, 0.29) is 0 Å². The third-order valence-corrected chi connectivity index (χ3v) is 2.57. The molecule has 21 heavy (non-hydrogen) atoms. The first-order valence-electron chi connectivity index (χ1n) is 6.16. The molecule has 0 aliphatic carbocycles. The van der Waals surface area contributed by atoms with Crippen molar-refractivity contribution < 1.29 is 22.7 Å². The summed E-state index contributed by atoms with van der Waals surface area (Å²) in [7, 11) is 0. The van der Waals surface area contributed by atoms with Crippen LogP contribution >= 0.6 is 0 Å². The molecular weight excluding hydrogens is 287 g/mol. The number of nitrogens with zero attached hydrogens (tertiary/aromatic N) is 3. The first-order chi connectivity index (χ1) is 9.97. The Balaban J connectivity index is 1.80. The fourth-order valence-corrected chi connectivity index (χ4v) is 1.59. The van der Waals surface area contributed by atoms with E-state index in [4.69, 9.17) is 4.74 Å². The Morgan fingerprint density at radius 1 is 1.24 bits per heavy atom. The lowest BCUT2D eigenvalue weighted by Gasteiger charge is -2.05. The Morgan fingerprint density at radius 3 is 2.62 bits per heavy atom. The van der Waals surface area contributed by atoms with Gasteiger partial charge in [-0.3, -0.25) is 9.48 Å². The first kappa shape index (κ1) is 15.0. The van der Waals surface area contributed by atoms with Crippen molar-refractivity contribution in [1.29, 1.82) is 0 Å². The number of alkyl halides is 3. The number of rotatable bonds is 6. The Bertz CT molecular complexity index is 596. The number of Topliss-reactive ketones (excluding diaryl/α,β-unsaturated/α-hetero) is 1. The average Bonchev–Trinajstić information content (AvgIpc) is 2.91. The van der Waals surface area contributed by atoms with Crippen molar-refractivity contribution in [2.45, 2.75) is 19.1 Å². The Kier molecular flexibility index (Phi) is 4.56. The predicted molar refractivity (Wildman–Crippen MR) is 67.0 cm³/mol. The van der Waals surface area contributed by atoms with Gasteiger partial charge in [-0.15, -0.1) is 5.10 Å². The summed E-state index contributed by atoms with van der Waals surface area (Å²) in [5.74, 6) is -1.28. The van der Waals surface area contributed by atoms with Gasteiger partial charge in [0.05, 0.1) is 12.8 Å². The molecule has 5 nitrogen and oxygen atoms in total. The Hall–Kier alpha value is -2.38. The molecular formula is C13H12F3N3O2. The molecule has 2 rings (SSSR count). The Morgan fingerprint density at radius 2 is 1.95 bits per heavy atom. The number of aryl methyl sites for hydroxylation is 1. The number of benzene rings is 1. The number of ketones is 1. The van der Waals surface area contributed by atoms with Crippen molar-refractivity contribution in [3.05, 3.63) is 42.2 Å². The van der Waals surface area contributed by atoms with Gasteiger partial charge in [-0.1, -0.05) is 23.4 Å². The van der Waals surface area contributed by atoms with E-state index >= 15 is 0 Å². The average molecular weight is 299 g/mol. The van der Waals surface area contributed by atoms with E-state index in [9.17, 15) is 18.0 Å². The van der Waals surface area contributed by atoms with Crippen LogP contribution in [0.15, 0.2) is 36.5 Å². The van der Waals surface area contributed by atoms with Crippen LogP contribution in [0.5, 0.6) is 5.75 Å². The number of ether oxygens (including phenoxy) is 1. The highest BCUT2D eigenvalue weighted by atomic mass is 19.4. The molecule has 0 N–H and O–H groups in total. The molecule has 8 heteroatoms. The van der Waals surface area contributed by atoms with Gasteiger partial charge in [0.25, 0.3) is 5.78 Å². The second-order valence-electron chi connectivity index (χ2n) is 4.21. The molecule has 0 atom stereocenters. The first-order valence-corrected chi connectivity index (χ1v) is 6.16. The van der Waals surface area contributed by atoms with Crippen LogP contribution in [0.4, 0.5) is 13.2 Å². The fourth-order valence-electron chi connectivity index (χ4n) is 1.59. The van der Waals surface area contributed by atoms with Crippen LogP contribution < -0.4 is 4.74 Å². The molecule has 0 spiro atoms. The van der Waals surface area contributed by atoms with Crippen molar-refractivity contribution >= 4 is 5.78 Å². The highest BCUT2D eigenvalue weighted by Gasteiger charge is 2.41. The van der Waals surface area contributed by atoms with Gasteiger partial charge in [0.15, 0.2) is 5.69 Å². The number of aromatic nitrogens is 3. The second kappa shape index (κ2) is 6.38. The van der Waals surface area contributed by atoms with Crippen LogP contribution in [0.25, 0.3) is 0 Å². The van der Waals surface area contributed by atoms with E-state index in [1.807, 2.05) is 18.2 Å². The summed E-state index contributed by atoms with van der Waals surface area (Å²) >= 11 is 0. The van der Waals surface area contributed by atoms with Crippen LogP contribution in [-0.2, 0) is 6.54 Å². The fraction of sp³-hybridized carbons (Fsp3) is 0.308. The van der Waals surface area contributed by atoms with Gasteiger partial charge < -0.3 is 4.74 Å². The van der Waals surface area contributed by atoms with Crippen LogP contribution in [0, 0.1) is 0 Å². The summed E-state index contributed by atoms with van der Waals surface area (Å²) < 4.78 is 43.2. The standard InChI is InChI=1S/C13H12F3N3O2/c14-13(15,16)12(20)11-9-19(18-17-11)7-4-8-21-10-5-2-1-3-6-10/h1-3,5-6,9H,4,7-8H2. The lowest BCUT2D eigenvalue weighted by atomic mass is 10.3. The maximum absolute atomic E-state index is 12.2. The van der Waals surface area contributed by atoms with Crippen molar-refractivity contribution in [3.8, 4) is 5.75 Å². The summed E-state index contributed by atoms with van der Waals surface area (Å²) in [5, 5.41) is 6.71. The smallest absolute Gasteiger partial charge is 0.456 e. The topological polar surface area (TPSA) is 57.0 Å². The molecule has 0 bridgehead atoms. The minimum absolute atomic E-state index is 0.310. The lowest BCUT2D eigenvalue weighted by molar-refractivity contribution is -0.0888. The van der Waals surface area contributed by atoms with E-state index in [1.165, 1.54) is 4.68 Å². The zero-order valence-electron chi connectivity index (χ0n) is 10.9. The molecule has 0 fully saturated rings. The summed E-state index contributed by atoms with van der Waals surface area (Å²) in [6.45, 7) is 0.692. The van der Waals surface area contributed by atoms with E-state index in [0.29, 0.717) is 25.3 Å². The SMILES string of the molecule is O=C(c1cn(CCCOc2ccccc2)nn1)C(F)(F)F. The minimum atomic E-state index is -4.93.